The number of piperidine rings is 1. The normalized spacial score (nSPS) is 20.4. The van der Waals surface area contributed by atoms with Crippen LogP contribution in [0.3, 0.4) is 0 Å². The van der Waals surface area contributed by atoms with Crippen molar-refractivity contribution < 1.29 is 0 Å². The Morgan fingerprint density at radius 2 is 2.39 bits per heavy atom. The fourth-order valence-corrected chi connectivity index (χ4v) is 2.76. The van der Waals surface area contributed by atoms with Crippen molar-refractivity contribution in [2.75, 3.05) is 6.54 Å². The lowest BCUT2D eigenvalue weighted by molar-refractivity contribution is 0.386. The highest BCUT2D eigenvalue weighted by Gasteiger charge is 2.21. The fourth-order valence-electron chi connectivity index (χ4n) is 2.76. The second-order valence-electron chi connectivity index (χ2n) is 4.97. The van der Waals surface area contributed by atoms with Crippen molar-refractivity contribution >= 4 is 11.2 Å². The topological polar surface area (TPSA) is 42.7 Å². The lowest BCUT2D eigenvalue weighted by Gasteiger charge is -2.23. The molecule has 1 N–H and O–H groups in total. The van der Waals surface area contributed by atoms with Crippen LogP contribution in [0, 0.1) is 0 Å². The van der Waals surface area contributed by atoms with Crippen LogP contribution in [0.15, 0.2) is 18.3 Å². The summed E-state index contributed by atoms with van der Waals surface area (Å²) in [7, 11) is 0. The van der Waals surface area contributed by atoms with Gasteiger partial charge in [-0.05, 0) is 37.9 Å². The van der Waals surface area contributed by atoms with Crippen molar-refractivity contribution in [3.05, 3.63) is 24.2 Å². The quantitative estimate of drug-likeness (QED) is 0.902. The molecule has 0 saturated carbocycles. The second-order valence-corrected chi connectivity index (χ2v) is 4.97. The first-order valence-corrected chi connectivity index (χ1v) is 6.94. The highest BCUT2D eigenvalue weighted by atomic mass is 15.2. The molecule has 0 bridgehead atoms. The van der Waals surface area contributed by atoms with Crippen LogP contribution in [-0.2, 0) is 6.54 Å². The van der Waals surface area contributed by atoms with Gasteiger partial charge in [-0.3, -0.25) is 0 Å². The number of imidazole rings is 1. The predicted octanol–water partition coefficient (Wildman–Crippen LogP) is 2.66. The van der Waals surface area contributed by atoms with Crippen LogP contribution in [0.25, 0.3) is 11.2 Å². The van der Waals surface area contributed by atoms with Crippen LogP contribution in [0.4, 0.5) is 0 Å². The van der Waals surface area contributed by atoms with E-state index < -0.39 is 0 Å². The van der Waals surface area contributed by atoms with Crippen LogP contribution in [0.1, 0.15) is 44.5 Å². The molecular formula is C14H20N4. The molecule has 2 aromatic rings. The molecule has 0 spiro atoms. The Balaban J connectivity index is 2.05. The van der Waals surface area contributed by atoms with E-state index in [1.807, 2.05) is 12.3 Å². The average Bonchev–Trinajstić information content (AvgIpc) is 2.80. The van der Waals surface area contributed by atoms with Gasteiger partial charge in [0.1, 0.15) is 11.3 Å². The number of rotatable bonds is 3. The summed E-state index contributed by atoms with van der Waals surface area (Å²) in [5.41, 5.74) is 2.05. The van der Waals surface area contributed by atoms with Gasteiger partial charge >= 0.3 is 0 Å². The van der Waals surface area contributed by atoms with E-state index in [1.165, 1.54) is 25.1 Å². The van der Waals surface area contributed by atoms with Gasteiger partial charge in [0.15, 0.2) is 5.65 Å². The van der Waals surface area contributed by atoms with E-state index in [2.05, 4.69) is 27.9 Å². The molecule has 0 aliphatic carbocycles. The largest absolute Gasteiger partial charge is 0.311 e. The molecule has 0 amide bonds. The minimum Gasteiger partial charge on any atom is -0.311 e. The van der Waals surface area contributed by atoms with Gasteiger partial charge in [-0.15, -0.1) is 0 Å². The number of hydrogen-bond donors (Lipinski definition) is 1. The Bertz CT molecular complexity index is 526. The summed E-state index contributed by atoms with van der Waals surface area (Å²) in [6.45, 7) is 4.31. The molecule has 96 valence electrons. The smallest absolute Gasteiger partial charge is 0.160 e. The van der Waals surface area contributed by atoms with E-state index in [0.29, 0.717) is 6.04 Å². The fraction of sp³-hybridized carbons (Fsp3) is 0.571. The maximum atomic E-state index is 4.79. The number of aromatic nitrogens is 3. The van der Waals surface area contributed by atoms with E-state index in [0.717, 1.165) is 30.7 Å². The number of aryl methyl sites for hydroxylation is 1. The Morgan fingerprint density at radius 1 is 1.44 bits per heavy atom. The second kappa shape index (κ2) is 5.06. The molecule has 3 heterocycles. The molecule has 1 aliphatic rings. The summed E-state index contributed by atoms with van der Waals surface area (Å²) in [6.07, 6.45) is 6.73. The van der Waals surface area contributed by atoms with Crippen LogP contribution < -0.4 is 5.32 Å². The molecule has 1 unspecified atom stereocenters. The number of fused-ring (bicyclic) bond motifs is 1. The van der Waals surface area contributed by atoms with Crippen molar-refractivity contribution in [1.82, 2.24) is 19.9 Å². The number of nitrogens with one attached hydrogen (secondary N) is 1. The highest BCUT2D eigenvalue weighted by Crippen LogP contribution is 2.25. The lowest BCUT2D eigenvalue weighted by atomic mass is 10.0. The SMILES string of the molecule is CCCn1c(C2CCCCN2)nc2cccnc21. The Kier molecular flexibility index (Phi) is 3.28. The molecule has 1 fully saturated rings. The third-order valence-corrected chi connectivity index (χ3v) is 3.60. The van der Waals surface area contributed by atoms with Gasteiger partial charge in [-0.2, -0.15) is 0 Å². The summed E-state index contributed by atoms with van der Waals surface area (Å²) in [5.74, 6) is 1.17. The summed E-state index contributed by atoms with van der Waals surface area (Å²) >= 11 is 0. The van der Waals surface area contributed by atoms with Crippen LogP contribution >= 0.6 is 0 Å². The van der Waals surface area contributed by atoms with Gasteiger partial charge < -0.3 is 9.88 Å². The van der Waals surface area contributed by atoms with Gasteiger partial charge in [-0.1, -0.05) is 13.3 Å². The standard InChI is InChI=1S/C14H20N4/c1-2-10-18-13-12(7-5-9-16-13)17-14(18)11-6-3-4-8-15-11/h5,7,9,11,15H,2-4,6,8,10H2,1H3. The van der Waals surface area contributed by atoms with E-state index >= 15 is 0 Å². The van der Waals surface area contributed by atoms with E-state index in [4.69, 9.17) is 4.98 Å². The molecular weight excluding hydrogens is 224 g/mol. The summed E-state index contributed by atoms with van der Waals surface area (Å²) in [6, 6.07) is 4.42. The zero-order valence-electron chi connectivity index (χ0n) is 10.9. The lowest BCUT2D eigenvalue weighted by Crippen LogP contribution is -2.29. The third-order valence-electron chi connectivity index (χ3n) is 3.60. The van der Waals surface area contributed by atoms with Gasteiger partial charge in [0.05, 0.1) is 6.04 Å². The van der Waals surface area contributed by atoms with Gasteiger partial charge in [0.25, 0.3) is 0 Å². The molecule has 1 atom stereocenters. The molecule has 1 aliphatic heterocycles. The van der Waals surface area contributed by atoms with E-state index in [1.54, 1.807) is 0 Å². The highest BCUT2D eigenvalue weighted by molar-refractivity contribution is 5.71. The summed E-state index contributed by atoms with van der Waals surface area (Å²) in [4.78, 5) is 9.28. The predicted molar refractivity (Wildman–Crippen MR) is 72.4 cm³/mol. The van der Waals surface area contributed by atoms with Crippen molar-refractivity contribution in [3.63, 3.8) is 0 Å². The zero-order chi connectivity index (χ0) is 12.4. The monoisotopic (exact) mass is 244 g/mol. The average molecular weight is 244 g/mol. The first kappa shape index (κ1) is 11.7. The first-order chi connectivity index (χ1) is 8.90. The van der Waals surface area contributed by atoms with E-state index in [9.17, 15) is 0 Å². The van der Waals surface area contributed by atoms with Crippen LogP contribution in [0.5, 0.6) is 0 Å². The minimum absolute atomic E-state index is 0.402. The molecule has 4 heteroatoms. The summed E-state index contributed by atoms with van der Waals surface area (Å²) in [5, 5.41) is 3.58. The van der Waals surface area contributed by atoms with Gasteiger partial charge in [0.2, 0.25) is 0 Å². The molecule has 0 radical (unpaired) electrons. The zero-order valence-corrected chi connectivity index (χ0v) is 10.9. The molecule has 4 nitrogen and oxygen atoms in total. The summed E-state index contributed by atoms with van der Waals surface area (Å²) < 4.78 is 2.29. The molecule has 1 saturated heterocycles. The number of hydrogen-bond acceptors (Lipinski definition) is 3. The van der Waals surface area contributed by atoms with Crippen LogP contribution in [0.2, 0.25) is 0 Å². The Hall–Kier alpha value is -1.42. The van der Waals surface area contributed by atoms with Crippen molar-refractivity contribution in [1.29, 1.82) is 0 Å². The van der Waals surface area contributed by atoms with Crippen molar-refractivity contribution in [3.8, 4) is 0 Å². The maximum Gasteiger partial charge on any atom is 0.160 e. The number of pyridine rings is 1. The maximum absolute atomic E-state index is 4.79. The Labute approximate surface area is 107 Å². The first-order valence-electron chi connectivity index (χ1n) is 6.94. The molecule has 2 aromatic heterocycles. The Morgan fingerprint density at radius 3 is 3.17 bits per heavy atom. The van der Waals surface area contributed by atoms with Crippen molar-refractivity contribution in [2.45, 2.75) is 45.2 Å². The van der Waals surface area contributed by atoms with E-state index in [-0.39, 0.29) is 0 Å². The molecule has 18 heavy (non-hydrogen) atoms. The minimum atomic E-state index is 0.402. The van der Waals surface area contributed by atoms with Gasteiger partial charge in [-0.25, -0.2) is 9.97 Å². The van der Waals surface area contributed by atoms with Crippen LogP contribution in [-0.4, -0.2) is 21.1 Å². The number of nitrogens with zero attached hydrogens (tertiary/aromatic N) is 3. The van der Waals surface area contributed by atoms with Gasteiger partial charge in [0, 0.05) is 12.7 Å². The molecule has 3 rings (SSSR count). The third kappa shape index (κ3) is 2.01. The molecule has 0 aromatic carbocycles. The van der Waals surface area contributed by atoms with Crippen molar-refractivity contribution in [2.24, 2.45) is 0 Å².